The molecule has 6 heteroatoms. The van der Waals surface area contributed by atoms with Gasteiger partial charge in [-0.3, -0.25) is 4.79 Å². The van der Waals surface area contributed by atoms with Crippen LogP contribution in [0.25, 0.3) is 0 Å². The lowest BCUT2D eigenvalue weighted by Crippen LogP contribution is -2.66. The molecule has 1 saturated carbocycles. The molecule has 1 aliphatic carbocycles. The topological polar surface area (TPSA) is 76.1 Å². The number of aliphatic carboxylic acids is 1. The van der Waals surface area contributed by atoms with Gasteiger partial charge in [0.15, 0.2) is 0 Å². The summed E-state index contributed by atoms with van der Waals surface area (Å²) in [6.07, 6.45) is 6.30. The minimum atomic E-state index is -0.887. The lowest BCUT2D eigenvalue weighted by molar-refractivity contribution is -0.185. The number of nitrogens with zero attached hydrogens (tertiary/aromatic N) is 1. The molecule has 0 spiro atoms. The minimum Gasteiger partial charge on any atom is -0.481 e. The van der Waals surface area contributed by atoms with Gasteiger partial charge in [-0.05, 0) is 33.6 Å². The van der Waals surface area contributed by atoms with Crippen LogP contribution in [0.3, 0.4) is 0 Å². The molecule has 0 aromatic heterocycles. The molecule has 6 nitrogen and oxygen atoms in total. The van der Waals surface area contributed by atoms with Crippen molar-refractivity contribution in [3.63, 3.8) is 0 Å². The Hall–Kier alpha value is -1.30. The quantitative estimate of drug-likeness (QED) is 0.803. The molecule has 0 aromatic rings. The molecular formula is C17H29NO5. The average Bonchev–Trinajstić information content (AvgIpc) is 2.60. The van der Waals surface area contributed by atoms with Crippen LogP contribution in [0.5, 0.6) is 0 Å². The molecule has 2 fully saturated rings. The van der Waals surface area contributed by atoms with E-state index in [0.29, 0.717) is 13.1 Å². The van der Waals surface area contributed by atoms with Gasteiger partial charge in [-0.15, -0.1) is 0 Å². The van der Waals surface area contributed by atoms with Crippen LogP contribution in [0.2, 0.25) is 0 Å². The summed E-state index contributed by atoms with van der Waals surface area (Å²) in [5.41, 5.74) is -1.30. The summed E-state index contributed by atoms with van der Waals surface area (Å²) >= 11 is 0. The van der Waals surface area contributed by atoms with Gasteiger partial charge in [-0.25, -0.2) is 4.79 Å². The molecule has 0 bridgehead atoms. The molecule has 1 N–H and O–H groups in total. The second-order valence-electron chi connectivity index (χ2n) is 7.82. The first kappa shape index (κ1) is 18.0. The van der Waals surface area contributed by atoms with Gasteiger partial charge in [-0.1, -0.05) is 25.7 Å². The van der Waals surface area contributed by atoms with Crippen molar-refractivity contribution in [3.05, 3.63) is 0 Å². The van der Waals surface area contributed by atoms with Crippen LogP contribution in [0.1, 0.15) is 65.7 Å². The number of carboxylic acids is 1. The first-order valence-corrected chi connectivity index (χ1v) is 8.57. The van der Waals surface area contributed by atoms with E-state index in [1.54, 1.807) is 0 Å². The zero-order chi connectivity index (χ0) is 17.1. The van der Waals surface area contributed by atoms with E-state index in [0.717, 1.165) is 25.7 Å². The van der Waals surface area contributed by atoms with Crippen molar-refractivity contribution in [2.75, 3.05) is 13.1 Å². The SMILES string of the molecule is CC(C)(C)OC(=O)N1CC(CC(=O)O)(OC2CCCCCC2)C1. The van der Waals surface area contributed by atoms with Crippen LogP contribution < -0.4 is 0 Å². The molecule has 0 aromatic carbocycles. The van der Waals surface area contributed by atoms with Crippen LogP contribution >= 0.6 is 0 Å². The van der Waals surface area contributed by atoms with Gasteiger partial charge < -0.3 is 19.5 Å². The second-order valence-corrected chi connectivity index (χ2v) is 7.82. The number of hydrogen-bond acceptors (Lipinski definition) is 4. The highest BCUT2D eigenvalue weighted by Crippen LogP contribution is 2.34. The molecule has 2 rings (SSSR count). The van der Waals surface area contributed by atoms with E-state index in [2.05, 4.69) is 0 Å². The zero-order valence-corrected chi connectivity index (χ0v) is 14.5. The second kappa shape index (κ2) is 7.07. The van der Waals surface area contributed by atoms with Crippen molar-refractivity contribution in [1.29, 1.82) is 0 Å². The fourth-order valence-electron chi connectivity index (χ4n) is 3.32. The number of likely N-dealkylation sites (tertiary alicyclic amines) is 1. The molecule has 132 valence electrons. The molecule has 0 unspecified atom stereocenters. The molecule has 1 aliphatic heterocycles. The number of carbonyl (C=O) groups excluding carboxylic acids is 1. The minimum absolute atomic E-state index is 0.0667. The highest BCUT2D eigenvalue weighted by Gasteiger charge is 2.50. The maximum atomic E-state index is 12.1. The Morgan fingerprint density at radius 3 is 2.17 bits per heavy atom. The van der Waals surface area contributed by atoms with Gasteiger partial charge >= 0.3 is 12.1 Å². The number of rotatable bonds is 4. The Kier molecular flexibility index (Phi) is 5.55. The number of ether oxygens (including phenoxy) is 2. The fourth-order valence-corrected chi connectivity index (χ4v) is 3.32. The number of amides is 1. The molecule has 2 aliphatic rings. The van der Waals surface area contributed by atoms with Crippen LogP contribution in [0.15, 0.2) is 0 Å². The van der Waals surface area contributed by atoms with Crippen molar-refractivity contribution in [2.24, 2.45) is 0 Å². The van der Waals surface area contributed by atoms with E-state index >= 15 is 0 Å². The van der Waals surface area contributed by atoms with Crippen LogP contribution in [-0.2, 0) is 14.3 Å². The zero-order valence-electron chi connectivity index (χ0n) is 14.5. The Morgan fingerprint density at radius 2 is 1.70 bits per heavy atom. The van der Waals surface area contributed by atoms with E-state index in [4.69, 9.17) is 9.47 Å². The van der Waals surface area contributed by atoms with Crippen LogP contribution in [0.4, 0.5) is 4.79 Å². The summed E-state index contributed by atoms with van der Waals surface area (Å²) in [4.78, 5) is 24.8. The van der Waals surface area contributed by atoms with Gasteiger partial charge in [0.05, 0.1) is 25.6 Å². The average molecular weight is 327 g/mol. The monoisotopic (exact) mass is 327 g/mol. The fraction of sp³-hybridized carbons (Fsp3) is 0.882. The summed E-state index contributed by atoms with van der Waals surface area (Å²) < 4.78 is 11.5. The molecule has 1 amide bonds. The van der Waals surface area contributed by atoms with Gasteiger partial charge in [0.2, 0.25) is 0 Å². The lowest BCUT2D eigenvalue weighted by Gasteiger charge is -2.50. The summed E-state index contributed by atoms with van der Waals surface area (Å²) in [6.45, 7) is 6.04. The molecular weight excluding hydrogens is 298 g/mol. The highest BCUT2D eigenvalue weighted by molar-refractivity contribution is 5.72. The molecule has 0 radical (unpaired) electrons. The van der Waals surface area contributed by atoms with Crippen LogP contribution in [-0.4, -0.2) is 52.5 Å². The molecule has 0 atom stereocenters. The third-order valence-electron chi connectivity index (χ3n) is 4.30. The van der Waals surface area contributed by atoms with Gasteiger partial charge in [0.1, 0.15) is 11.2 Å². The Balaban J connectivity index is 1.94. The normalized spacial score (nSPS) is 22.1. The van der Waals surface area contributed by atoms with Crippen molar-refractivity contribution in [1.82, 2.24) is 4.90 Å². The molecule has 23 heavy (non-hydrogen) atoms. The van der Waals surface area contributed by atoms with Crippen LogP contribution in [0, 0.1) is 0 Å². The predicted molar refractivity (Wildman–Crippen MR) is 85.4 cm³/mol. The van der Waals surface area contributed by atoms with E-state index in [9.17, 15) is 14.7 Å². The third-order valence-corrected chi connectivity index (χ3v) is 4.30. The summed E-state index contributed by atoms with van der Waals surface area (Å²) in [5.74, 6) is -0.887. The number of carboxylic acid groups (broad SMARTS) is 1. The first-order valence-electron chi connectivity index (χ1n) is 8.57. The summed E-state index contributed by atoms with van der Waals surface area (Å²) in [7, 11) is 0. The predicted octanol–water partition coefficient (Wildman–Crippen LogP) is 3.19. The van der Waals surface area contributed by atoms with Gasteiger partial charge in [0.25, 0.3) is 0 Å². The first-order chi connectivity index (χ1) is 10.7. The standard InChI is InChI=1S/C17H29NO5/c1-16(2,3)23-15(21)18-11-17(12-18,10-14(19)20)22-13-8-6-4-5-7-9-13/h13H,4-12H2,1-3H3,(H,19,20). The maximum absolute atomic E-state index is 12.1. The van der Waals surface area contributed by atoms with E-state index < -0.39 is 23.3 Å². The van der Waals surface area contributed by atoms with E-state index in [-0.39, 0.29) is 12.5 Å². The molecule has 1 saturated heterocycles. The Morgan fingerprint density at radius 1 is 1.13 bits per heavy atom. The maximum Gasteiger partial charge on any atom is 0.410 e. The summed E-state index contributed by atoms with van der Waals surface area (Å²) in [5, 5.41) is 9.20. The lowest BCUT2D eigenvalue weighted by atomic mass is 9.89. The van der Waals surface area contributed by atoms with Gasteiger partial charge in [0, 0.05) is 0 Å². The summed E-state index contributed by atoms with van der Waals surface area (Å²) in [6, 6.07) is 0. The number of hydrogen-bond donors (Lipinski definition) is 1. The highest BCUT2D eigenvalue weighted by atomic mass is 16.6. The van der Waals surface area contributed by atoms with Crippen molar-refractivity contribution in [3.8, 4) is 0 Å². The van der Waals surface area contributed by atoms with Crippen molar-refractivity contribution in [2.45, 2.75) is 83.0 Å². The van der Waals surface area contributed by atoms with E-state index in [1.807, 2.05) is 20.8 Å². The van der Waals surface area contributed by atoms with E-state index in [1.165, 1.54) is 17.7 Å². The third kappa shape index (κ3) is 5.37. The largest absolute Gasteiger partial charge is 0.481 e. The van der Waals surface area contributed by atoms with Crippen molar-refractivity contribution < 1.29 is 24.2 Å². The number of carbonyl (C=O) groups is 2. The Bertz CT molecular complexity index is 429. The Labute approximate surface area is 138 Å². The van der Waals surface area contributed by atoms with Gasteiger partial charge in [-0.2, -0.15) is 0 Å². The smallest absolute Gasteiger partial charge is 0.410 e. The molecule has 1 heterocycles. The van der Waals surface area contributed by atoms with Crippen molar-refractivity contribution >= 4 is 12.1 Å².